The van der Waals surface area contributed by atoms with Gasteiger partial charge in [0.05, 0.1) is 19.8 Å². The van der Waals surface area contributed by atoms with Gasteiger partial charge in [0.15, 0.2) is 0 Å². The number of rotatable bonds is 9. The molecule has 3 nitrogen and oxygen atoms in total. The Morgan fingerprint density at radius 3 is 2.50 bits per heavy atom. The number of hydrogen-bond donors (Lipinski definition) is 1. The number of ether oxygens (including phenoxy) is 2. The summed E-state index contributed by atoms with van der Waals surface area (Å²) in [6.07, 6.45) is 2.41. The van der Waals surface area contributed by atoms with E-state index in [1.165, 1.54) is 12.8 Å². The summed E-state index contributed by atoms with van der Waals surface area (Å²) >= 11 is 0. The average Bonchev–Trinajstić information content (AvgIpc) is 2.22. The molecule has 2 unspecified atom stereocenters. The van der Waals surface area contributed by atoms with E-state index in [1.54, 1.807) is 7.11 Å². The first kappa shape index (κ1) is 13.9. The highest BCUT2D eigenvalue weighted by molar-refractivity contribution is 4.66. The minimum atomic E-state index is 0.474. The predicted octanol–water partition coefficient (Wildman–Crippen LogP) is 1.67. The SMILES string of the molecule is CCC(C)CC(COCCOC)NC. The van der Waals surface area contributed by atoms with Gasteiger partial charge in [-0.05, 0) is 19.4 Å². The highest BCUT2D eigenvalue weighted by atomic mass is 16.5. The molecule has 0 heterocycles. The van der Waals surface area contributed by atoms with Gasteiger partial charge in [-0.2, -0.15) is 0 Å². The Morgan fingerprint density at radius 1 is 1.29 bits per heavy atom. The fourth-order valence-corrected chi connectivity index (χ4v) is 1.29. The number of hydrogen-bond acceptors (Lipinski definition) is 3. The highest BCUT2D eigenvalue weighted by Crippen LogP contribution is 2.09. The van der Waals surface area contributed by atoms with Crippen LogP contribution in [-0.4, -0.2) is 40.0 Å². The quantitative estimate of drug-likeness (QED) is 0.578. The molecule has 0 aromatic heterocycles. The first-order chi connectivity index (χ1) is 6.74. The summed E-state index contributed by atoms with van der Waals surface area (Å²) in [5.74, 6) is 0.762. The van der Waals surface area contributed by atoms with Crippen molar-refractivity contribution in [2.75, 3.05) is 34.0 Å². The van der Waals surface area contributed by atoms with E-state index in [1.807, 2.05) is 7.05 Å². The molecule has 0 radical (unpaired) electrons. The molecule has 0 rings (SSSR count). The molecule has 14 heavy (non-hydrogen) atoms. The lowest BCUT2D eigenvalue weighted by molar-refractivity contribution is 0.0564. The van der Waals surface area contributed by atoms with Crippen LogP contribution in [0.3, 0.4) is 0 Å². The third-order valence-corrected chi connectivity index (χ3v) is 2.54. The van der Waals surface area contributed by atoms with Gasteiger partial charge < -0.3 is 14.8 Å². The Kier molecular flexibility index (Phi) is 9.35. The lowest BCUT2D eigenvalue weighted by atomic mass is 10.00. The molecule has 0 aromatic rings. The molecular weight excluding hydrogens is 178 g/mol. The monoisotopic (exact) mass is 203 g/mol. The van der Waals surface area contributed by atoms with Crippen molar-refractivity contribution in [2.45, 2.75) is 32.7 Å². The highest BCUT2D eigenvalue weighted by Gasteiger charge is 2.09. The molecule has 1 N–H and O–H groups in total. The molecule has 0 aliphatic heterocycles. The summed E-state index contributed by atoms with van der Waals surface area (Å²) in [5.41, 5.74) is 0. The van der Waals surface area contributed by atoms with Crippen molar-refractivity contribution in [3.63, 3.8) is 0 Å². The first-order valence-corrected chi connectivity index (χ1v) is 5.48. The molecule has 0 fully saturated rings. The van der Waals surface area contributed by atoms with E-state index < -0.39 is 0 Å². The van der Waals surface area contributed by atoms with E-state index in [2.05, 4.69) is 19.2 Å². The van der Waals surface area contributed by atoms with Gasteiger partial charge in [-0.1, -0.05) is 20.3 Å². The molecular formula is C11H25NO2. The number of likely N-dealkylation sites (N-methyl/N-ethyl adjacent to an activating group) is 1. The van der Waals surface area contributed by atoms with Crippen LogP contribution in [0, 0.1) is 5.92 Å². The van der Waals surface area contributed by atoms with Crippen molar-refractivity contribution in [3.8, 4) is 0 Å². The van der Waals surface area contributed by atoms with E-state index in [9.17, 15) is 0 Å². The van der Waals surface area contributed by atoms with Gasteiger partial charge >= 0.3 is 0 Å². The topological polar surface area (TPSA) is 30.5 Å². The Hall–Kier alpha value is -0.120. The van der Waals surface area contributed by atoms with E-state index in [0.717, 1.165) is 12.5 Å². The summed E-state index contributed by atoms with van der Waals surface area (Å²) in [4.78, 5) is 0. The van der Waals surface area contributed by atoms with Gasteiger partial charge in [0.2, 0.25) is 0 Å². The lowest BCUT2D eigenvalue weighted by Gasteiger charge is -2.19. The summed E-state index contributed by atoms with van der Waals surface area (Å²) in [6.45, 7) is 6.65. The largest absolute Gasteiger partial charge is 0.382 e. The van der Waals surface area contributed by atoms with Crippen LogP contribution < -0.4 is 5.32 Å². The second-order valence-electron chi connectivity index (χ2n) is 3.80. The van der Waals surface area contributed by atoms with Crippen LogP contribution in [-0.2, 0) is 9.47 Å². The van der Waals surface area contributed by atoms with Crippen molar-refractivity contribution in [3.05, 3.63) is 0 Å². The maximum atomic E-state index is 5.48. The molecule has 0 aliphatic rings. The fraction of sp³-hybridized carbons (Fsp3) is 1.00. The van der Waals surface area contributed by atoms with Gasteiger partial charge in [-0.25, -0.2) is 0 Å². The Balaban J connectivity index is 3.47. The minimum Gasteiger partial charge on any atom is -0.382 e. The van der Waals surface area contributed by atoms with E-state index >= 15 is 0 Å². The maximum Gasteiger partial charge on any atom is 0.0701 e. The second kappa shape index (κ2) is 9.44. The molecule has 0 saturated carbocycles. The molecule has 0 bridgehead atoms. The van der Waals surface area contributed by atoms with Crippen molar-refractivity contribution in [1.29, 1.82) is 0 Å². The van der Waals surface area contributed by atoms with Crippen molar-refractivity contribution >= 4 is 0 Å². The zero-order valence-corrected chi connectivity index (χ0v) is 10.0. The normalized spacial score (nSPS) is 15.4. The van der Waals surface area contributed by atoms with Gasteiger partial charge in [-0.15, -0.1) is 0 Å². The Morgan fingerprint density at radius 2 is 2.00 bits per heavy atom. The van der Waals surface area contributed by atoms with Crippen LogP contribution in [0.2, 0.25) is 0 Å². The van der Waals surface area contributed by atoms with Crippen LogP contribution in [0.5, 0.6) is 0 Å². The molecule has 0 aliphatic carbocycles. The third kappa shape index (κ3) is 7.30. The smallest absolute Gasteiger partial charge is 0.0701 e. The number of methoxy groups -OCH3 is 1. The van der Waals surface area contributed by atoms with Crippen molar-refractivity contribution in [1.82, 2.24) is 5.32 Å². The van der Waals surface area contributed by atoms with Gasteiger partial charge in [0.1, 0.15) is 0 Å². The Bertz CT molecular complexity index is 120. The molecule has 0 saturated heterocycles. The van der Waals surface area contributed by atoms with Gasteiger partial charge in [0, 0.05) is 13.2 Å². The van der Waals surface area contributed by atoms with Crippen molar-refractivity contribution in [2.24, 2.45) is 5.92 Å². The molecule has 3 heteroatoms. The zero-order chi connectivity index (χ0) is 10.8. The average molecular weight is 203 g/mol. The summed E-state index contributed by atoms with van der Waals surface area (Å²) in [7, 11) is 3.69. The molecule has 0 aromatic carbocycles. The van der Waals surface area contributed by atoms with E-state index in [0.29, 0.717) is 19.3 Å². The lowest BCUT2D eigenvalue weighted by Crippen LogP contribution is -2.32. The predicted molar refractivity (Wildman–Crippen MR) is 59.6 cm³/mol. The van der Waals surface area contributed by atoms with E-state index in [-0.39, 0.29) is 0 Å². The first-order valence-electron chi connectivity index (χ1n) is 5.48. The van der Waals surface area contributed by atoms with Gasteiger partial charge in [-0.3, -0.25) is 0 Å². The zero-order valence-electron chi connectivity index (χ0n) is 10.0. The summed E-state index contributed by atoms with van der Waals surface area (Å²) < 4.78 is 10.4. The van der Waals surface area contributed by atoms with Crippen LogP contribution in [0.1, 0.15) is 26.7 Å². The minimum absolute atomic E-state index is 0.474. The molecule has 0 spiro atoms. The summed E-state index contributed by atoms with van der Waals surface area (Å²) in [6, 6.07) is 0.474. The standard InChI is InChI=1S/C11H25NO2/c1-5-10(2)8-11(12-3)9-14-7-6-13-4/h10-12H,5-9H2,1-4H3. The van der Waals surface area contributed by atoms with Crippen molar-refractivity contribution < 1.29 is 9.47 Å². The summed E-state index contributed by atoms with van der Waals surface area (Å²) in [5, 5.41) is 3.28. The molecule has 0 amide bonds. The molecule has 2 atom stereocenters. The van der Waals surface area contributed by atoms with Crippen LogP contribution in [0.25, 0.3) is 0 Å². The maximum absolute atomic E-state index is 5.48. The van der Waals surface area contributed by atoms with Crippen LogP contribution in [0.4, 0.5) is 0 Å². The van der Waals surface area contributed by atoms with Crippen LogP contribution in [0.15, 0.2) is 0 Å². The van der Waals surface area contributed by atoms with Crippen LogP contribution >= 0.6 is 0 Å². The third-order valence-electron chi connectivity index (χ3n) is 2.54. The van der Waals surface area contributed by atoms with E-state index in [4.69, 9.17) is 9.47 Å². The fourth-order valence-electron chi connectivity index (χ4n) is 1.29. The molecule has 86 valence electrons. The Labute approximate surface area is 88.2 Å². The second-order valence-corrected chi connectivity index (χ2v) is 3.80. The number of nitrogens with one attached hydrogen (secondary N) is 1. The van der Waals surface area contributed by atoms with Gasteiger partial charge in [0.25, 0.3) is 0 Å².